The number of ether oxygens (including phenoxy) is 2. The Morgan fingerprint density at radius 1 is 1.31 bits per heavy atom. The first-order valence-electron chi connectivity index (χ1n) is 10.1. The van der Waals surface area contributed by atoms with Crippen molar-refractivity contribution < 1.29 is 13.9 Å². The smallest absolute Gasteiger partial charge is 0.208 e. The predicted molar refractivity (Wildman–Crippen MR) is 114 cm³/mol. The number of nitrogens with one attached hydrogen (secondary N) is 1. The number of fused-ring (bicyclic) bond motifs is 2. The minimum atomic E-state index is -0.290. The van der Waals surface area contributed by atoms with Gasteiger partial charge in [-0.05, 0) is 12.1 Å². The third-order valence-electron chi connectivity index (χ3n) is 5.44. The van der Waals surface area contributed by atoms with E-state index in [0.29, 0.717) is 43.3 Å². The van der Waals surface area contributed by atoms with E-state index >= 15 is 0 Å². The van der Waals surface area contributed by atoms with Crippen LogP contribution in [-0.2, 0) is 24.2 Å². The lowest BCUT2D eigenvalue weighted by Gasteiger charge is -2.12. The van der Waals surface area contributed by atoms with E-state index in [1.165, 1.54) is 6.07 Å². The van der Waals surface area contributed by atoms with Gasteiger partial charge in [-0.25, -0.2) is 14.4 Å². The fourth-order valence-corrected chi connectivity index (χ4v) is 3.85. The molecule has 4 heterocycles. The SMILES string of the molecule is COCCn1cc(-c2cnc(NCc3c(F)ccc4c3CCO4)n3cc(C#N)nc23)cn1. The second kappa shape index (κ2) is 8.28. The van der Waals surface area contributed by atoms with E-state index in [0.717, 1.165) is 22.4 Å². The van der Waals surface area contributed by atoms with Gasteiger partial charge in [-0.3, -0.25) is 9.08 Å². The van der Waals surface area contributed by atoms with Crippen LogP contribution in [0.4, 0.5) is 10.3 Å². The normalized spacial score (nSPS) is 12.5. The third-order valence-corrected chi connectivity index (χ3v) is 5.44. The molecular formula is C22H20FN7O2. The van der Waals surface area contributed by atoms with Crippen molar-refractivity contribution in [1.29, 1.82) is 5.26 Å². The highest BCUT2D eigenvalue weighted by atomic mass is 19.1. The number of imidazole rings is 1. The van der Waals surface area contributed by atoms with E-state index in [2.05, 4.69) is 26.5 Å². The van der Waals surface area contributed by atoms with Crippen LogP contribution >= 0.6 is 0 Å². The average molecular weight is 433 g/mol. The van der Waals surface area contributed by atoms with E-state index < -0.39 is 0 Å². The number of hydrogen-bond acceptors (Lipinski definition) is 7. The van der Waals surface area contributed by atoms with Crippen molar-refractivity contribution in [3.8, 4) is 22.9 Å². The van der Waals surface area contributed by atoms with Gasteiger partial charge in [0.1, 0.15) is 17.6 Å². The van der Waals surface area contributed by atoms with E-state index in [4.69, 9.17) is 9.47 Å². The van der Waals surface area contributed by atoms with Crippen LogP contribution in [0.1, 0.15) is 16.8 Å². The lowest BCUT2D eigenvalue weighted by molar-refractivity contribution is 0.183. The Bertz CT molecular complexity index is 1340. The molecule has 0 bridgehead atoms. The molecule has 9 nitrogen and oxygen atoms in total. The number of nitrogens with zero attached hydrogens (tertiary/aromatic N) is 6. The molecule has 1 aliphatic heterocycles. The Balaban J connectivity index is 1.49. The van der Waals surface area contributed by atoms with Gasteiger partial charge < -0.3 is 14.8 Å². The number of benzene rings is 1. The van der Waals surface area contributed by atoms with E-state index in [-0.39, 0.29) is 18.1 Å². The Kier molecular flexibility index (Phi) is 5.17. The van der Waals surface area contributed by atoms with Crippen molar-refractivity contribution in [3.05, 3.63) is 59.6 Å². The van der Waals surface area contributed by atoms with Crippen molar-refractivity contribution in [3.63, 3.8) is 0 Å². The molecule has 0 spiro atoms. The molecule has 0 saturated heterocycles. The summed E-state index contributed by atoms with van der Waals surface area (Å²) >= 11 is 0. The number of rotatable bonds is 7. The lowest BCUT2D eigenvalue weighted by atomic mass is 10.0. The van der Waals surface area contributed by atoms with Gasteiger partial charge in [0, 0.05) is 54.7 Å². The summed E-state index contributed by atoms with van der Waals surface area (Å²) in [7, 11) is 1.64. The number of anilines is 1. The summed E-state index contributed by atoms with van der Waals surface area (Å²) in [6.07, 6.45) is 7.56. The molecule has 0 saturated carbocycles. The van der Waals surface area contributed by atoms with Gasteiger partial charge in [0.25, 0.3) is 0 Å². The second-order valence-corrected chi connectivity index (χ2v) is 7.37. The predicted octanol–water partition coefficient (Wildman–Crippen LogP) is 2.80. The van der Waals surface area contributed by atoms with Crippen LogP contribution in [0.25, 0.3) is 16.8 Å². The van der Waals surface area contributed by atoms with Crippen LogP contribution < -0.4 is 10.1 Å². The van der Waals surface area contributed by atoms with Crippen LogP contribution in [0.15, 0.2) is 36.9 Å². The number of hydrogen-bond donors (Lipinski definition) is 1. The molecule has 0 unspecified atom stereocenters. The Hall–Kier alpha value is -3.97. The van der Waals surface area contributed by atoms with Gasteiger partial charge in [-0.2, -0.15) is 10.4 Å². The summed E-state index contributed by atoms with van der Waals surface area (Å²) in [5.74, 6) is 0.887. The molecule has 0 amide bonds. The van der Waals surface area contributed by atoms with Crippen molar-refractivity contribution in [1.82, 2.24) is 24.1 Å². The maximum absolute atomic E-state index is 14.5. The molecule has 162 valence electrons. The summed E-state index contributed by atoms with van der Waals surface area (Å²) < 4.78 is 28.6. The maximum atomic E-state index is 14.5. The van der Waals surface area contributed by atoms with Gasteiger partial charge in [-0.15, -0.1) is 0 Å². The third kappa shape index (κ3) is 3.52. The molecule has 3 aromatic heterocycles. The van der Waals surface area contributed by atoms with Gasteiger partial charge in [-0.1, -0.05) is 0 Å². The topological polar surface area (TPSA) is 102 Å². The minimum Gasteiger partial charge on any atom is -0.493 e. The summed E-state index contributed by atoms with van der Waals surface area (Å²) in [5.41, 5.74) is 3.81. The zero-order chi connectivity index (χ0) is 22.1. The van der Waals surface area contributed by atoms with Crippen LogP contribution in [0.2, 0.25) is 0 Å². The van der Waals surface area contributed by atoms with E-state index in [1.807, 2.05) is 6.20 Å². The quantitative estimate of drug-likeness (QED) is 0.478. The second-order valence-electron chi connectivity index (χ2n) is 7.37. The van der Waals surface area contributed by atoms with Crippen molar-refractivity contribution in [2.75, 3.05) is 25.6 Å². The lowest BCUT2D eigenvalue weighted by Crippen LogP contribution is -2.09. The van der Waals surface area contributed by atoms with Crippen molar-refractivity contribution in [2.45, 2.75) is 19.5 Å². The molecule has 0 radical (unpaired) electrons. The van der Waals surface area contributed by atoms with Gasteiger partial charge in [0.05, 0.1) is 32.2 Å². The molecule has 1 aliphatic rings. The Morgan fingerprint density at radius 3 is 3.06 bits per heavy atom. The molecule has 10 heteroatoms. The van der Waals surface area contributed by atoms with Crippen LogP contribution in [0.3, 0.4) is 0 Å². The molecule has 5 rings (SSSR count). The van der Waals surface area contributed by atoms with Crippen molar-refractivity contribution >= 4 is 11.6 Å². The highest BCUT2D eigenvalue weighted by Gasteiger charge is 2.20. The summed E-state index contributed by atoms with van der Waals surface area (Å²) in [6.45, 7) is 1.95. The molecule has 32 heavy (non-hydrogen) atoms. The first kappa shape index (κ1) is 20.0. The highest BCUT2D eigenvalue weighted by molar-refractivity contribution is 5.77. The maximum Gasteiger partial charge on any atom is 0.208 e. The average Bonchev–Trinajstić information content (AvgIpc) is 3.56. The van der Waals surface area contributed by atoms with Gasteiger partial charge in [0.2, 0.25) is 5.95 Å². The first-order chi connectivity index (χ1) is 15.7. The number of halogens is 1. The molecule has 0 aliphatic carbocycles. The molecule has 0 fully saturated rings. The number of aromatic nitrogens is 5. The standard InChI is InChI=1S/C22H20FN7O2/c1-31-7-5-29-12-14(9-27-29)17-10-25-22(30-13-15(8-24)28-21(17)30)26-11-18-16-4-6-32-20(16)3-2-19(18)23/h2-3,9-10,12-13H,4-7,11H2,1H3,(H,25,26). The zero-order valence-electron chi connectivity index (χ0n) is 17.4. The fraction of sp³-hybridized carbons (Fsp3) is 0.273. The molecule has 4 aromatic rings. The molecule has 0 atom stereocenters. The van der Waals surface area contributed by atoms with Crippen LogP contribution in [-0.4, -0.2) is 44.5 Å². The summed E-state index contributed by atoms with van der Waals surface area (Å²) in [5, 5.41) is 16.9. The zero-order valence-corrected chi connectivity index (χ0v) is 17.4. The van der Waals surface area contributed by atoms with Gasteiger partial charge in [0.15, 0.2) is 11.3 Å². The van der Waals surface area contributed by atoms with Crippen LogP contribution in [0.5, 0.6) is 5.75 Å². The van der Waals surface area contributed by atoms with E-state index in [9.17, 15) is 9.65 Å². The largest absolute Gasteiger partial charge is 0.493 e. The fourth-order valence-electron chi connectivity index (χ4n) is 3.85. The summed E-state index contributed by atoms with van der Waals surface area (Å²) in [6, 6.07) is 5.15. The van der Waals surface area contributed by atoms with Crippen LogP contribution in [0, 0.1) is 17.1 Å². The molecular weight excluding hydrogens is 413 g/mol. The molecule has 1 N–H and O–H groups in total. The Labute approximate surface area is 183 Å². The summed E-state index contributed by atoms with van der Waals surface area (Å²) in [4.78, 5) is 8.96. The number of nitriles is 1. The monoisotopic (exact) mass is 433 g/mol. The number of methoxy groups -OCH3 is 1. The Morgan fingerprint density at radius 2 is 2.22 bits per heavy atom. The van der Waals surface area contributed by atoms with E-state index in [1.54, 1.807) is 40.8 Å². The van der Waals surface area contributed by atoms with Crippen molar-refractivity contribution in [2.24, 2.45) is 0 Å². The molecule has 1 aromatic carbocycles. The van der Waals surface area contributed by atoms with Gasteiger partial charge >= 0.3 is 0 Å². The minimum absolute atomic E-state index is 0.231. The highest BCUT2D eigenvalue weighted by Crippen LogP contribution is 2.31. The first-order valence-corrected chi connectivity index (χ1v) is 10.1.